The maximum Gasteiger partial charge on any atom is 0.228 e. The summed E-state index contributed by atoms with van der Waals surface area (Å²) in [5, 5.41) is 12.1. The van der Waals surface area contributed by atoms with E-state index in [0.717, 1.165) is 5.56 Å². The van der Waals surface area contributed by atoms with Crippen LogP contribution in [0, 0.1) is 0 Å². The summed E-state index contributed by atoms with van der Waals surface area (Å²) in [6, 6.07) is 9.44. The van der Waals surface area contributed by atoms with Crippen LogP contribution in [0.5, 0.6) is 0 Å². The highest BCUT2D eigenvalue weighted by atomic mass is 16.3. The molecule has 0 aliphatic rings. The van der Waals surface area contributed by atoms with Gasteiger partial charge in [-0.05, 0) is 11.1 Å². The smallest absolute Gasteiger partial charge is 0.228 e. The van der Waals surface area contributed by atoms with Crippen LogP contribution in [0.1, 0.15) is 5.56 Å². The Kier molecular flexibility index (Phi) is 5.57. The first-order valence-electron chi connectivity index (χ1n) is 5.21. The third-order valence-corrected chi connectivity index (χ3v) is 2.21. The molecule has 6 heteroatoms. The van der Waals surface area contributed by atoms with Gasteiger partial charge >= 0.3 is 0 Å². The van der Waals surface area contributed by atoms with E-state index in [1.165, 1.54) is 4.90 Å². The van der Waals surface area contributed by atoms with Crippen LogP contribution in [-0.4, -0.2) is 35.6 Å². The molecule has 1 N–H and O–H groups in total. The summed E-state index contributed by atoms with van der Waals surface area (Å²) < 4.78 is 0. The molecule has 0 saturated heterocycles. The van der Waals surface area contributed by atoms with Crippen molar-refractivity contribution in [2.24, 2.45) is 5.11 Å². The number of benzene rings is 1. The third kappa shape index (κ3) is 4.55. The van der Waals surface area contributed by atoms with Gasteiger partial charge in [0.2, 0.25) is 5.91 Å². The van der Waals surface area contributed by atoms with Gasteiger partial charge in [0, 0.05) is 18.0 Å². The Morgan fingerprint density at radius 2 is 2.12 bits per heavy atom. The molecule has 17 heavy (non-hydrogen) atoms. The highest BCUT2D eigenvalue weighted by molar-refractivity contribution is 5.78. The first kappa shape index (κ1) is 13.0. The molecule has 0 atom stereocenters. The van der Waals surface area contributed by atoms with E-state index < -0.39 is 0 Å². The van der Waals surface area contributed by atoms with Crippen LogP contribution in [-0.2, 0) is 11.3 Å². The first-order chi connectivity index (χ1) is 8.27. The summed E-state index contributed by atoms with van der Waals surface area (Å²) >= 11 is 0. The van der Waals surface area contributed by atoms with E-state index in [2.05, 4.69) is 10.0 Å². The van der Waals surface area contributed by atoms with Gasteiger partial charge in [-0.2, -0.15) is 0 Å². The van der Waals surface area contributed by atoms with Crippen molar-refractivity contribution in [2.45, 2.75) is 6.54 Å². The molecule has 0 fully saturated rings. The number of amides is 1. The van der Waals surface area contributed by atoms with Crippen LogP contribution < -0.4 is 0 Å². The van der Waals surface area contributed by atoms with Crippen LogP contribution in [0.2, 0.25) is 0 Å². The largest absolute Gasteiger partial charge is 0.395 e. The second-order valence-corrected chi connectivity index (χ2v) is 3.41. The molecule has 1 rings (SSSR count). The average Bonchev–Trinajstić information content (AvgIpc) is 2.36. The van der Waals surface area contributed by atoms with Crippen molar-refractivity contribution in [1.29, 1.82) is 0 Å². The monoisotopic (exact) mass is 234 g/mol. The minimum atomic E-state index is -0.291. The predicted molar refractivity (Wildman–Crippen MR) is 63.0 cm³/mol. The first-order valence-corrected chi connectivity index (χ1v) is 5.21. The van der Waals surface area contributed by atoms with E-state index in [1.54, 1.807) is 0 Å². The Labute approximate surface area is 99.1 Å². The number of aliphatic hydroxyl groups excluding tert-OH is 1. The van der Waals surface area contributed by atoms with Crippen LogP contribution in [0.3, 0.4) is 0 Å². The Morgan fingerprint density at radius 1 is 1.41 bits per heavy atom. The molecule has 0 aromatic heterocycles. The zero-order valence-electron chi connectivity index (χ0n) is 9.36. The number of carbonyl (C=O) groups is 1. The number of aliphatic hydroxyl groups is 1. The molecule has 0 bridgehead atoms. The van der Waals surface area contributed by atoms with E-state index in [9.17, 15) is 4.79 Å². The zero-order chi connectivity index (χ0) is 12.5. The van der Waals surface area contributed by atoms with Crippen molar-refractivity contribution >= 4 is 5.91 Å². The molecule has 6 nitrogen and oxygen atoms in total. The Bertz CT molecular complexity index is 401. The summed E-state index contributed by atoms with van der Waals surface area (Å²) in [5.41, 5.74) is 9.12. The van der Waals surface area contributed by atoms with Crippen LogP contribution in [0.15, 0.2) is 35.4 Å². The predicted octanol–water partition coefficient (Wildman–Crippen LogP) is 1.32. The van der Waals surface area contributed by atoms with E-state index in [1.807, 2.05) is 30.3 Å². The molecule has 1 aromatic carbocycles. The zero-order valence-corrected chi connectivity index (χ0v) is 9.36. The maximum absolute atomic E-state index is 11.6. The topological polar surface area (TPSA) is 89.3 Å². The molecular weight excluding hydrogens is 220 g/mol. The summed E-state index contributed by atoms with van der Waals surface area (Å²) in [7, 11) is 0. The van der Waals surface area contributed by atoms with Crippen molar-refractivity contribution in [3.05, 3.63) is 46.3 Å². The normalized spacial score (nSPS) is 9.47. The lowest BCUT2D eigenvalue weighted by atomic mass is 10.2. The number of hydrogen-bond donors (Lipinski definition) is 1. The third-order valence-electron chi connectivity index (χ3n) is 2.21. The molecule has 0 radical (unpaired) electrons. The van der Waals surface area contributed by atoms with Gasteiger partial charge in [-0.1, -0.05) is 35.4 Å². The lowest BCUT2D eigenvalue weighted by molar-refractivity contribution is -0.130. The number of azide groups is 1. The molecule has 0 aliphatic heterocycles. The van der Waals surface area contributed by atoms with Crippen LogP contribution >= 0.6 is 0 Å². The highest BCUT2D eigenvalue weighted by Gasteiger charge is 2.12. The van der Waals surface area contributed by atoms with Gasteiger partial charge in [0.1, 0.15) is 6.54 Å². The summed E-state index contributed by atoms with van der Waals surface area (Å²) in [4.78, 5) is 15.6. The van der Waals surface area contributed by atoms with Gasteiger partial charge in [-0.15, -0.1) is 0 Å². The van der Waals surface area contributed by atoms with E-state index in [0.29, 0.717) is 6.54 Å². The SMILES string of the molecule is [N-]=[N+]=NCC(=O)N(CCO)Cc1ccccc1. The summed E-state index contributed by atoms with van der Waals surface area (Å²) in [6.45, 7) is 0.300. The standard InChI is InChI=1S/C11H14N4O2/c12-14-13-8-11(17)15(6-7-16)9-10-4-2-1-3-5-10/h1-5,16H,6-9H2. The molecule has 0 unspecified atom stereocenters. The molecule has 0 aliphatic carbocycles. The average molecular weight is 234 g/mol. The highest BCUT2D eigenvalue weighted by Crippen LogP contribution is 2.04. The van der Waals surface area contributed by atoms with Gasteiger partial charge in [-0.3, -0.25) is 4.79 Å². The Hall–Kier alpha value is -2.04. The molecular formula is C11H14N4O2. The van der Waals surface area contributed by atoms with E-state index in [4.69, 9.17) is 10.6 Å². The Balaban J connectivity index is 2.65. The molecule has 0 spiro atoms. The van der Waals surface area contributed by atoms with Crippen molar-refractivity contribution in [1.82, 2.24) is 4.90 Å². The van der Waals surface area contributed by atoms with Crippen molar-refractivity contribution in [3.63, 3.8) is 0 Å². The number of carbonyl (C=O) groups excluding carboxylic acids is 1. The van der Waals surface area contributed by atoms with Crippen molar-refractivity contribution in [3.8, 4) is 0 Å². The van der Waals surface area contributed by atoms with Gasteiger partial charge < -0.3 is 10.0 Å². The van der Waals surface area contributed by atoms with Crippen molar-refractivity contribution in [2.75, 3.05) is 19.7 Å². The lowest BCUT2D eigenvalue weighted by Crippen LogP contribution is -2.34. The fourth-order valence-corrected chi connectivity index (χ4v) is 1.41. The molecule has 0 saturated carbocycles. The van der Waals surface area contributed by atoms with E-state index >= 15 is 0 Å². The minimum Gasteiger partial charge on any atom is -0.395 e. The molecule has 1 aromatic rings. The minimum absolute atomic E-state index is 0.116. The second kappa shape index (κ2) is 7.27. The summed E-state index contributed by atoms with van der Waals surface area (Å²) in [6.07, 6.45) is 0. The maximum atomic E-state index is 11.6. The van der Waals surface area contributed by atoms with Gasteiger partial charge in [0.25, 0.3) is 0 Å². The fraction of sp³-hybridized carbons (Fsp3) is 0.364. The van der Waals surface area contributed by atoms with Crippen LogP contribution in [0.4, 0.5) is 0 Å². The number of nitrogens with zero attached hydrogens (tertiary/aromatic N) is 4. The van der Waals surface area contributed by atoms with Crippen molar-refractivity contribution < 1.29 is 9.90 Å². The second-order valence-electron chi connectivity index (χ2n) is 3.41. The van der Waals surface area contributed by atoms with Crippen LogP contribution in [0.25, 0.3) is 10.4 Å². The molecule has 0 heterocycles. The van der Waals surface area contributed by atoms with Gasteiger partial charge in [0.15, 0.2) is 0 Å². The quantitative estimate of drug-likeness (QED) is 0.457. The number of rotatable bonds is 6. The number of hydrogen-bond acceptors (Lipinski definition) is 3. The molecule has 90 valence electrons. The van der Waals surface area contributed by atoms with Gasteiger partial charge in [0.05, 0.1) is 6.61 Å². The lowest BCUT2D eigenvalue weighted by Gasteiger charge is -2.21. The fourth-order valence-electron chi connectivity index (χ4n) is 1.41. The summed E-state index contributed by atoms with van der Waals surface area (Å²) in [5.74, 6) is -0.291. The van der Waals surface area contributed by atoms with Gasteiger partial charge in [-0.25, -0.2) is 0 Å². The Morgan fingerprint density at radius 3 is 2.71 bits per heavy atom. The molecule has 1 amide bonds. The van der Waals surface area contributed by atoms with E-state index in [-0.39, 0.29) is 25.6 Å².